The first kappa shape index (κ1) is 13.7. The Kier molecular flexibility index (Phi) is 4.53. The van der Waals surface area contributed by atoms with Crippen molar-refractivity contribution >= 4 is 27.5 Å². The van der Waals surface area contributed by atoms with Crippen LogP contribution in [0, 0.1) is 0 Å². The van der Waals surface area contributed by atoms with Crippen LogP contribution in [0.2, 0.25) is 0 Å². The second-order valence-electron chi connectivity index (χ2n) is 4.41. The Labute approximate surface area is 112 Å². The van der Waals surface area contributed by atoms with Gasteiger partial charge in [0.25, 0.3) is 0 Å². The van der Waals surface area contributed by atoms with Crippen LogP contribution in [-0.2, 0) is 10.0 Å². The van der Waals surface area contributed by atoms with Crippen molar-refractivity contribution in [3.05, 3.63) is 24.3 Å². The summed E-state index contributed by atoms with van der Waals surface area (Å²) in [6, 6.07) is 6.78. The molecule has 0 aliphatic carbocycles. The van der Waals surface area contributed by atoms with Gasteiger partial charge in [-0.2, -0.15) is 11.8 Å². The fourth-order valence-corrected chi connectivity index (χ4v) is 4.01. The highest BCUT2D eigenvalue weighted by molar-refractivity contribution is 8.00. The number of thioether (sulfide) groups is 1. The smallest absolute Gasteiger partial charge is 0.240 e. The highest BCUT2D eigenvalue weighted by Crippen LogP contribution is 2.26. The molecule has 0 spiro atoms. The second kappa shape index (κ2) is 5.95. The fraction of sp³-hybridized carbons (Fsp3) is 0.500. The number of anilines is 1. The third kappa shape index (κ3) is 3.63. The molecule has 3 N–H and O–H groups in total. The van der Waals surface area contributed by atoms with E-state index in [1.165, 1.54) is 31.1 Å². The third-order valence-electron chi connectivity index (χ3n) is 2.99. The molecular formula is C12H18N2O2S2. The normalized spacial score (nSPS) is 20.6. The van der Waals surface area contributed by atoms with E-state index in [1.807, 2.05) is 17.8 Å². The standard InChI is InChI=1S/C12H18N2O2S2/c13-18(15,16)12-7-2-1-6-11(12)14-9-10-5-3-4-8-17-10/h1-2,6-7,10,14H,3-5,8-9H2,(H2,13,15,16). The summed E-state index contributed by atoms with van der Waals surface area (Å²) in [5.74, 6) is 1.20. The lowest BCUT2D eigenvalue weighted by molar-refractivity contribution is 0.598. The van der Waals surface area contributed by atoms with Crippen molar-refractivity contribution in [1.82, 2.24) is 0 Å². The molecule has 0 radical (unpaired) electrons. The van der Waals surface area contributed by atoms with Gasteiger partial charge in [0.1, 0.15) is 4.90 Å². The Morgan fingerprint density at radius 3 is 2.78 bits per heavy atom. The van der Waals surface area contributed by atoms with Gasteiger partial charge in [0.2, 0.25) is 10.0 Å². The number of para-hydroxylation sites is 1. The van der Waals surface area contributed by atoms with Gasteiger partial charge in [0, 0.05) is 11.8 Å². The molecule has 100 valence electrons. The Bertz CT molecular complexity index is 497. The van der Waals surface area contributed by atoms with E-state index in [1.54, 1.807) is 12.1 Å². The number of nitrogens with two attached hydrogens (primary N) is 1. The van der Waals surface area contributed by atoms with E-state index >= 15 is 0 Å². The molecule has 6 heteroatoms. The predicted molar refractivity (Wildman–Crippen MR) is 76.4 cm³/mol. The third-order valence-corrected chi connectivity index (χ3v) is 5.35. The number of benzene rings is 1. The van der Waals surface area contributed by atoms with Crippen LogP contribution in [0.1, 0.15) is 19.3 Å². The van der Waals surface area contributed by atoms with Gasteiger partial charge in [-0.25, -0.2) is 13.6 Å². The molecule has 0 amide bonds. The van der Waals surface area contributed by atoms with Gasteiger partial charge >= 0.3 is 0 Å². The number of primary sulfonamides is 1. The van der Waals surface area contributed by atoms with E-state index in [9.17, 15) is 8.42 Å². The number of hydrogen-bond acceptors (Lipinski definition) is 4. The van der Waals surface area contributed by atoms with Crippen LogP contribution < -0.4 is 10.5 Å². The molecule has 2 rings (SSSR count). The maximum atomic E-state index is 11.4. The molecule has 0 aromatic heterocycles. The Balaban J connectivity index is 2.05. The summed E-state index contributed by atoms with van der Waals surface area (Å²) in [5, 5.41) is 8.97. The average Bonchev–Trinajstić information content (AvgIpc) is 2.37. The summed E-state index contributed by atoms with van der Waals surface area (Å²) in [5.41, 5.74) is 0.603. The largest absolute Gasteiger partial charge is 0.383 e. The monoisotopic (exact) mass is 286 g/mol. The van der Waals surface area contributed by atoms with Gasteiger partial charge in [0.15, 0.2) is 0 Å². The molecule has 1 saturated heterocycles. The molecule has 1 aliphatic heterocycles. The van der Waals surface area contributed by atoms with Crippen LogP contribution in [0.25, 0.3) is 0 Å². The summed E-state index contributed by atoms with van der Waals surface area (Å²) in [7, 11) is -3.66. The van der Waals surface area contributed by atoms with Crippen LogP contribution >= 0.6 is 11.8 Å². The summed E-state index contributed by atoms with van der Waals surface area (Å²) in [6.45, 7) is 0.789. The first-order valence-electron chi connectivity index (χ1n) is 6.04. The summed E-state index contributed by atoms with van der Waals surface area (Å²) < 4.78 is 22.9. The minimum atomic E-state index is -3.66. The van der Waals surface area contributed by atoms with E-state index in [0.717, 1.165) is 6.54 Å². The van der Waals surface area contributed by atoms with E-state index in [2.05, 4.69) is 5.32 Å². The van der Waals surface area contributed by atoms with Gasteiger partial charge < -0.3 is 5.32 Å². The van der Waals surface area contributed by atoms with E-state index in [4.69, 9.17) is 5.14 Å². The van der Waals surface area contributed by atoms with Crippen LogP contribution in [-0.4, -0.2) is 26.0 Å². The lowest BCUT2D eigenvalue weighted by Crippen LogP contribution is -2.22. The molecule has 1 fully saturated rings. The lowest BCUT2D eigenvalue weighted by atomic mass is 10.2. The molecule has 18 heavy (non-hydrogen) atoms. The summed E-state index contributed by atoms with van der Waals surface area (Å²) in [6.07, 6.45) is 3.74. The van der Waals surface area contributed by atoms with Crippen molar-refractivity contribution in [2.45, 2.75) is 29.4 Å². The maximum Gasteiger partial charge on any atom is 0.240 e. The SMILES string of the molecule is NS(=O)(=O)c1ccccc1NCC1CCCCS1. The van der Waals surface area contributed by atoms with Crippen LogP contribution in [0.3, 0.4) is 0 Å². The molecule has 1 aromatic rings. The maximum absolute atomic E-state index is 11.4. The molecule has 1 heterocycles. The van der Waals surface area contributed by atoms with Crippen LogP contribution in [0.4, 0.5) is 5.69 Å². The Morgan fingerprint density at radius 2 is 2.11 bits per heavy atom. The molecule has 0 bridgehead atoms. The first-order valence-corrected chi connectivity index (χ1v) is 8.64. The second-order valence-corrected chi connectivity index (χ2v) is 7.35. The summed E-state index contributed by atoms with van der Waals surface area (Å²) in [4.78, 5) is 0.172. The van der Waals surface area contributed by atoms with E-state index in [-0.39, 0.29) is 4.90 Å². The molecule has 1 atom stereocenters. The predicted octanol–water partition coefficient (Wildman–Crippen LogP) is 2.03. The van der Waals surface area contributed by atoms with Crippen molar-refractivity contribution in [3.63, 3.8) is 0 Å². The van der Waals surface area contributed by atoms with Gasteiger partial charge in [-0.1, -0.05) is 18.6 Å². The minimum absolute atomic E-state index is 0.172. The lowest BCUT2D eigenvalue weighted by Gasteiger charge is -2.22. The van der Waals surface area contributed by atoms with Crippen molar-refractivity contribution in [2.24, 2.45) is 5.14 Å². The zero-order chi connectivity index (χ0) is 13.0. The Morgan fingerprint density at radius 1 is 1.33 bits per heavy atom. The molecular weight excluding hydrogens is 268 g/mol. The first-order chi connectivity index (χ1) is 8.57. The number of nitrogens with one attached hydrogen (secondary N) is 1. The summed E-state index contributed by atoms with van der Waals surface area (Å²) >= 11 is 1.95. The highest BCUT2D eigenvalue weighted by atomic mass is 32.2. The van der Waals surface area contributed by atoms with Crippen molar-refractivity contribution in [1.29, 1.82) is 0 Å². The van der Waals surface area contributed by atoms with Gasteiger partial charge in [-0.3, -0.25) is 0 Å². The van der Waals surface area contributed by atoms with Crippen molar-refractivity contribution in [2.75, 3.05) is 17.6 Å². The van der Waals surface area contributed by atoms with Gasteiger partial charge in [0.05, 0.1) is 5.69 Å². The zero-order valence-corrected chi connectivity index (χ0v) is 11.8. The molecule has 4 nitrogen and oxygen atoms in total. The van der Waals surface area contributed by atoms with Crippen LogP contribution in [0.15, 0.2) is 29.2 Å². The van der Waals surface area contributed by atoms with Gasteiger partial charge in [-0.15, -0.1) is 0 Å². The quantitative estimate of drug-likeness (QED) is 0.888. The fourth-order valence-electron chi connectivity index (χ4n) is 2.05. The minimum Gasteiger partial charge on any atom is -0.383 e. The van der Waals surface area contributed by atoms with Crippen LogP contribution in [0.5, 0.6) is 0 Å². The zero-order valence-electron chi connectivity index (χ0n) is 10.1. The van der Waals surface area contributed by atoms with E-state index in [0.29, 0.717) is 10.9 Å². The highest BCUT2D eigenvalue weighted by Gasteiger charge is 2.16. The molecule has 1 aliphatic rings. The number of rotatable bonds is 4. The van der Waals surface area contributed by atoms with Crippen molar-refractivity contribution < 1.29 is 8.42 Å². The van der Waals surface area contributed by atoms with Crippen molar-refractivity contribution in [3.8, 4) is 0 Å². The molecule has 0 saturated carbocycles. The Hall–Kier alpha value is -0.720. The molecule has 1 aromatic carbocycles. The molecule has 1 unspecified atom stereocenters. The number of hydrogen-bond donors (Lipinski definition) is 2. The average molecular weight is 286 g/mol. The topological polar surface area (TPSA) is 72.2 Å². The van der Waals surface area contributed by atoms with Gasteiger partial charge in [-0.05, 0) is 30.7 Å². The number of sulfonamides is 1. The van der Waals surface area contributed by atoms with E-state index < -0.39 is 10.0 Å².